The maximum absolute atomic E-state index is 13.0. The van der Waals surface area contributed by atoms with E-state index in [4.69, 9.17) is 0 Å². The molecule has 8 nitrogen and oxygen atoms in total. The lowest BCUT2D eigenvalue weighted by Gasteiger charge is -2.31. The largest absolute Gasteiger partial charge is 0.324 e. The predicted octanol–water partition coefficient (Wildman–Crippen LogP) is 3.81. The molecule has 2 aromatic carbocycles. The molecular weight excluding hydrogens is 414 g/mol. The van der Waals surface area contributed by atoms with Crippen LogP contribution in [-0.4, -0.2) is 37.8 Å². The highest BCUT2D eigenvalue weighted by molar-refractivity contribution is 7.98. The van der Waals surface area contributed by atoms with E-state index >= 15 is 0 Å². The van der Waals surface area contributed by atoms with Crippen molar-refractivity contribution in [1.82, 2.24) is 0 Å². The first-order chi connectivity index (χ1) is 13.6. The summed E-state index contributed by atoms with van der Waals surface area (Å²) in [4.78, 5) is 24.5. The Morgan fingerprint density at radius 2 is 1.97 bits per heavy atom. The fourth-order valence-electron chi connectivity index (χ4n) is 2.91. The summed E-state index contributed by atoms with van der Waals surface area (Å²) in [6.07, 6.45) is 3.07. The van der Waals surface area contributed by atoms with Crippen LogP contribution in [0.25, 0.3) is 0 Å². The van der Waals surface area contributed by atoms with Crippen LogP contribution in [0.3, 0.4) is 0 Å². The Morgan fingerprint density at radius 3 is 2.52 bits per heavy atom. The van der Waals surface area contributed by atoms with Gasteiger partial charge >= 0.3 is 0 Å². The van der Waals surface area contributed by atoms with E-state index in [2.05, 4.69) is 5.32 Å². The van der Waals surface area contributed by atoms with Gasteiger partial charge in [-0.3, -0.25) is 19.2 Å². The number of hydrogen-bond donors (Lipinski definition) is 1. The maximum Gasteiger partial charge on any atom is 0.271 e. The maximum atomic E-state index is 13.0. The van der Waals surface area contributed by atoms with E-state index in [1.165, 1.54) is 30.0 Å². The minimum Gasteiger partial charge on any atom is -0.324 e. The van der Waals surface area contributed by atoms with E-state index in [-0.39, 0.29) is 17.8 Å². The number of nitro benzene ring substituents is 1. The molecule has 1 N–H and O–H groups in total. The molecule has 0 aliphatic carbocycles. The number of nitro groups is 1. The van der Waals surface area contributed by atoms with Gasteiger partial charge in [0.15, 0.2) is 0 Å². The molecule has 0 saturated carbocycles. The number of non-ortho nitro benzene ring substituents is 1. The zero-order chi connectivity index (χ0) is 21.8. The molecule has 0 aliphatic heterocycles. The third-order valence-corrected chi connectivity index (χ3v) is 6.20. The molecule has 2 rings (SSSR count). The summed E-state index contributed by atoms with van der Waals surface area (Å²) < 4.78 is 26.2. The number of sulfonamides is 1. The van der Waals surface area contributed by atoms with Gasteiger partial charge in [0.25, 0.3) is 5.69 Å². The van der Waals surface area contributed by atoms with Crippen LogP contribution < -0.4 is 9.62 Å². The predicted molar refractivity (Wildman–Crippen MR) is 116 cm³/mol. The number of benzene rings is 2. The van der Waals surface area contributed by atoms with Gasteiger partial charge in [0, 0.05) is 22.7 Å². The van der Waals surface area contributed by atoms with Gasteiger partial charge in [-0.2, -0.15) is 0 Å². The summed E-state index contributed by atoms with van der Waals surface area (Å²) in [7, 11) is -3.90. The molecule has 0 spiro atoms. The molecule has 0 radical (unpaired) electrons. The molecule has 0 aliphatic rings. The number of thioether (sulfide) groups is 1. The Hall–Kier alpha value is -2.59. The highest BCUT2D eigenvalue weighted by atomic mass is 32.2. The zero-order valence-electron chi connectivity index (χ0n) is 16.6. The van der Waals surface area contributed by atoms with Gasteiger partial charge < -0.3 is 5.32 Å². The molecule has 1 atom stereocenters. The average Bonchev–Trinajstić information content (AvgIpc) is 2.65. The minimum atomic E-state index is -3.90. The quantitative estimate of drug-likeness (QED) is 0.382. The van der Waals surface area contributed by atoms with Crippen molar-refractivity contribution in [2.24, 2.45) is 0 Å². The lowest BCUT2D eigenvalue weighted by molar-refractivity contribution is -0.384. The molecule has 0 unspecified atom stereocenters. The average molecular weight is 438 g/mol. The Morgan fingerprint density at radius 1 is 1.28 bits per heavy atom. The second-order valence-corrected chi connectivity index (χ2v) is 9.17. The molecule has 0 bridgehead atoms. The fourth-order valence-corrected chi connectivity index (χ4v) is 4.63. The van der Waals surface area contributed by atoms with Crippen molar-refractivity contribution in [2.45, 2.75) is 31.2 Å². The van der Waals surface area contributed by atoms with Crippen LogP contribution in [0.1, 0.15) is 18.9 Å². The van der Waals surface area contributed by atoms with Gasteiger partial charge in [0.05, 0.1) is 16.9 Å². The first kappa shape index (κ1) is 22.7. The van der Waals surface area contributed by atoms with E-state index in [1.807, 2.05) is 12.3 Å². The number of nitrogens with one attached hydrogen (secondary N) is 1. The summed E-state index contributed by atoms with van der Waals surface area (Å²) in [5.74, 6) is -0.512. The van der Waals surface area contributed by atoms with Crippen molar-refractivity contribution >= 4 is 44.8 Å². The monoisotopic (exact) mass is 437 g/mol. The second-order valence-electron chi connectivity index (χ2n) is 6.43. The molecular formula is C19H23N3O5S2. The summed E-state index contributed by atoms with van der Waals surface area (Å²) in [5, 5.41) is 13.9. The highest BCUT2D eigenvalue weighted by Crippen LogP contribution is 2.30. The standard InChI is InChI=1S/C19H23N3O5S2/c1-5-17(19(23)20-14-7-6-8-16(11-14)28-3)21(29(4,26)27)18-12-15(22(24)25)10-9-13(18)2/h6-12,17H,5H2,1-4H3,(H,20,23)/t17-/m0/s1. The van der Waals surface area contributed by atoms with E-state index in [0.29, 0.717) is 11.3 Å². The summed E-state index contributed by atoms with van der Waals surface area (Å²) in [5.41, 5.74) is 0.921. The number of carbonyl (C=O) groups excluding carboxylic acids is 1. The summed E-state index contributed by atoms with van der Waals surface area (Å²) in [6, 6.07) is 10.1. The Labute approximate surface area is 174 Å². The summed E-state index contributed by atoms with van der Waals surface area (Å²) in [6.45, 7) is 3.33. The molecule has 156 valence electrons. The zero-order valence-corrected chi connectivity index (χ0v) is 18.2. The number of aryl methyl sites for hydroxylation is 1. The lowest BCUT2D eigenvalue weighted by atomic mass is 10.1. The van der Waals surface area contributed by atoms with Gasteiger partial charge in [-0.05, 0) is 43.4 Å². The van der Waals surface area contributed by atoms with Crippen LogP contribution in [0.5, 0.6) is 0 Å². The number of carbonyl (C=O) groups is 1. The van der Waals surface area contributed by atoms with Crippen LogP contribution in [0.15, 0.2) is 47.4 Å². The lowest BCUT2D eigenvalue weighted by Crippen LogP contribution is -2.47. The van der Waals surface area contributed by atoms with Crippen molar-refractivity contribution < 1.29 is 18.1 Å². The summed E-state index contributed by atoms with van der Waals surface area (Å²) >= 11 is 1.52. The van der Waals surface area contributed by atoms with Gasteiger partial charge in [0.2, 0.25) is 15.9 Å². The third kappa shape index (κ3) is 5.48. The van der Waals surface area contributed by atoms with E-state index in [1.54, 1.807) is 32.0 Å². The van der Waals surface area contributed by atoms with Crippen LogP contribution in [0, 0.1) is 17.0 Å². The van der Waals surface area contributed by atoms with Gasteiger partial charge in [-0.1, -0.05) is 19.1 Å². The van der Waals surface area contributed by atoms with Gasteiger partial charge in [-0.15, -0.1) is 11.8 Å². The van der Waals surface area contributed by atoms with Crippen molar-refractivity contribution in [2.75, 3.05) is 22.1 Å². The van der Waals surface area contributed by atoms with Crippen molar-refractivity contribution in [3.63, 3.8) is 0 Å². The molecule has 1 amide bonds. The Bertz CT molecular complexity index is 1020. The number of hydrogen-bond acceptors (Lipinski definition) is 6. The van der Waals surface area contributed by atoms with E-state index in [0.717, 1.165) is 15.5 Å². The number of nitrogens with zero attached hydrogens (tertiary/aromatic N) is 2. The first-order valence-corrected chi connectivity index (χ1v) is 11.8. The second kappa shape index (κ2) is 9.27. The smallest absolute Gasteiger partial charge is 0.271 e. The molecule has 29 heavy (non-hydrogen) atoms. The van der Waals surface area contributed by atoms with Crippen LogP contribution in [-0.2, 0) is 14.8 Å². The van der Waals surface area contributed by atoms with E-state index < -0.39 is 26.9 Å². The Balaban J connectivity index is 2.48. The third-order valence-electron chi connectivity index (χ3n) is 4.31. The van der Waals surface area contributed by atoms with Gasteiger partial charge in [-0.25, -0.2) is 8.42 Å². The van der Waals surface area contributed by atoms with Crippen LogP contribution in [0.4, 0.5) is 17.1 Å². The topological polar surface area (TPSA) is 110 Å². The minimum absolute atomic E-state index is 0.113. The molecule has 0 fully saturated rings. The number of amides is 1. The van der Waals surface area contributed by atoms with Crippen LogP contribution in [0.2, 0.25) is 0 Å². The van der Waals surface area contributed by atoms with Crippen molar-refractivity contribution in [3.05, 3.63) is 58.1 Å². The fraction of sp³-hybridized carbons (Fsp3) is 0.316. The molecule has 10 heteroatoms. The highest BCUT2D eigenvalue weighted by Gasteiger charge is 2.33. The normalized spacial score (nSPS) is 12.3. The SMILES string of the molecule is CC[C@@H](C(=O)Nc1cccc(SC)c1)N(c1cc([N+](=O)[O-])ccc1C)S(C)(=O)=O. The first-order valence-electron chi connectivity index (χ1n) is 8.77. The van der Waals surface area contributed by atoms with Crippen molar-refractivity contribution in [3.8, 4) is 0 Å². The Kier molecular flexibility index (Phi) is 7.26. The molecule has 0 aromatic heterocycles. The number of anilines is 2. The molecule has 0 heterocycles. The van der Waals surface area contributed by atoms with E-state index in [9.17, 15) is 23.3 Å². The van der Waals surface area contributed by atoms with Crippen molar-refractivity contribution in [1.29, 1.82) is 0 Å². The van der Waals surface area contributed by atoms with Gasteiger partial charge in [0.1, 0.15) is 6.04 Å². The van der Waals surface area contributed by atoms with Crippen LogP contribution >= 0.6 is 11.8 Å². The molecule has 0 saturated heterocycles. The molecule has 2 aromatic rings. The number of rotatable bonds is 8.